The number of benzene rings is 3. The quantitative estimate of drug-likeness (QED) is 0.398. The summed E-state index contributed by atoms with van der Waals surface area (Å²) in [6.07, 6.45) is -1.54. The summed E-state index contributed by atoms with van der Waals surface area (Å²) in [6.45, 7) is 1.35. The lowest BCUT2D eigenvalue weighted by Gasteiger charge is -2.27. The van der Waals surface area contributed by atoms with E-state index in [0.29, 0.717) is 41.2 Å². The molecular formula is C25H27Cl2NO4. The molecule has 0 aliphatic rings. The van der Waals surface area contributed by atoms with Crippen molar-refractivity contribution in [2.45, 2.75) is 18.8 Å². The van der Waals surface area contributed by atoms with E-state index in [1.807, 2.05) is 59.5 Å². The lowest BCUT2D eigenvalue weighted by molar-refractivity contribution is 0.0283. The molecule has 170 valence electrons. The zero-order chi connectivity index (χ0) is 22.8. The first-order valence-corrected chi connectivity index (χ1v) is 11.1. The number of nitrogens with zero attached hydrogens (tertiary/aromatic N) is 1. The van der Waals surface area contributed by atoms with Crippen LogP contribution in [-0.4, -0.2) is 53.6 Å². The standard InChI is InChI=1S/C25H27Cl2NO4/c26-22-10-4-6-12-24(22)31-17-20(29)15-28(14-19-8-2-1-3-9-19)16-21(30)18-32-25-13-7-5-11-23(25)27/h1-13,20-21,29-30H,14-18H2. The van der Waals surface area contributed by atoms with Gasteiger partial charge in [0.05, 0.1) is 10.0 Å². The van der Waals surface area contributed by atoms with Crippen LogP contribution in [0.5, 0.6) is 11.5 Å². The van der Waals surface area contributed by atoms with Crippen molar-refractivity contribution in [1.29, 1.82) is 0 Å². The fourth-order valence-electron chi connectivity index (χ4n) is 3.24. The van der Waals surface area contributed by atoms with Crippen molar-refractivity contribution in [2.75, 3.05) is 26.3 Å². The lowest BCUT2D eigenvalue weighted by atomic mass is 10.2. The second kappa shape index (κ2) is 12.7. The maximum Gasteiger partial charge on any atom is 0.138 e. The highest BCUT2D eigenvalue weighted by Crippen LogP contribution is 2.24. The van der Waals surface area contributed by atoms with Gasteiger partial charge in [0.1, 0.15) is 36.9 Å². The molecule has 2 N–H and O–H groups in total. The molecule has 5 nitrogen and oxygen atoms in total. The van der Waals surface area contributed by atoms with Gasteiger partial charge in [-0.3, -0.25) is 4.90 Å². The summed E-state index contributed by atoms with van der Waals surface area (Å²) in [5, 5.41) is 22.1. The van der Waals surface area contributed by atoms with E-state index in [-0.39, 0.29) is 13.2 Å². The number of hydrogen-bond acceptors (Lipinski definition) is 5. The molecule has 7 heteroatoms. The van der Waals surface area contributed by atoms with E-state index in [9.17, 15) is 10.2 Å². The van der Waals surface area contributed by atoms with E-state index in [4.69, 9.17) is 32.7 Å². The summed E-state index contributed by atoms with van der Waals surface area (Å²) in [5.74, 6) is 1.05. The molecule has 0 saturated carbocycles. The molecule has 3 rings (SSSR count). The van der Waals surface area contributed by atoms with Crippen LogP contribution in [0.1, 0.15) is 5.56 Å². The maximum atomic E-state index is 10.6. The zero-order valence-electron chi connectivity index (χ0n) is 17.6. The van der Waals surface area contributed by atoms with Gasteiger partial charge in [-0.15, -0.1) is 0 Å². The van der Waals surface area contributed by atoms with Crippen LogP contribution in [0.3, 0.4) is 0 Å². The summed E-state index contributed by atoms with van der Waals surface area (Å²) < 4.78 is 11.3. The normalized spacial score (nSPS) is 13.0. The number of para-hydroxylation sites is 2. The van der Waals surface area contributed by atoms with Crippen LogP contribution in [0.2, 0.25) is 10.0 Å². The molecule has 3 aromatic rings. The van der Waals surface area contributed by atoms with Gasteiger partial charge >= 0.3 is 0 Å². The molecule has 0 radical (unpaired) electrons. The number of aliphatic hydroxyl groups excluding tert-OH is 2. The Kier molecular flexibility index (Phi) is 9.65. The molecule has 0 bridgehead atoms. The highest BCUT2D eigenvalue weighted by molar-refractivity contribution is 6.32. The van der Waals surface area contributed by atoms with Crippen LogP contribution in [0.4, 0.5) is 0 Å². The van der Waals surface area contributed by atoms with E-state index >= 15 is 0 Å². The lowest BCUT2D eigenvalue weighted by Crippen LogP contribution is -2.41. The average molecular weight is 476 g/mol. The first-order chi connectivity index (χ1) is 15.5. The van der Waals surface area contributed by atoms with Crippen LogP contribution in [0.15, 0.2) is 78.9 Å². The molecule has 0 aliphatic heterocycles. The molecule has 0 spiro atoms. The van der Waals surface area contributed by atoms with E-state index in [2.05, 4.69) is 0 Å². The Morgan fingerprint density at radius 3 is 1.56 bits per heavy atom. The van der Waals surface area contributed by atoms with Crippen LogP contribution in [0, 0.1) is 0 Å². The molecule has 0 amide bonds. The average Bonchev–Trinajstić information content (AvgIpc) is 2.78. The smallest absolute Gasteiger partial charge is 0.138 e. The fourth-order valence-corrected chi connectivity index (χ4v) is 3.62. The molecule has 3 aromatic carbocycles. The fraction of sp³-hybridized carbons (Fsp3) is 0.280. The minimum atomic E-state index is -0.772. The number of halogens is 2. The topological polar surface area (TPSA) is 62.2 Å². The van der Waals surface area contributed by atoms with E-state index < -0.39 is 12.2 Å². The van der Waals surface area contributed by atoms with Crippen LogP contribution in [0.25, 0.3) is 0 Å². The summed E-state index contributed by atoms with van der Waals surface area (Å²) in [6, 6.07) is 24.2. The first kappa shape index (κ1) is 24.4. The number of rotatable bonds is 12. The summed E-state index contributed by atoms with van der Waals surface area (Å²) >= 11 is 12.2. The molecule has 0 aliphatic carbocycles. The monoisotopic (exact) mass is 475 g/mol. The Labute approximate surface area is 198 Å². The highest BCUT2D eigenvalue weighted by atomic mass is 35.5. The number of aliphatic hydroxyl groups is 2. The molecular weight excluding hydrogens is 449 g/mol. The van der Waals surface area contributed by atoms with Crippen molar-refractivity contribution in [3.63, 3.8) is 0 Å². The van der Waals surface area contributed by atoms with E-state index in [1.165, 1.54) is 0 Å². The molecule has 0 fully saturated rings. The Balaban J connectivity index is 1.57. The molecule has 2 unspecified atom stereocenters. The van der Waals surface area contributed by atoms with Crippen molar-refractivity contribution >= 4 is 23.2 Å². The van der Waals surface area contributed by atoms with Gasteiger partial charge in [0.2, 0.25) is 0 Å². The van der Waals surface area contributed by atoms with E-state index in [0.717, 1.165) is 5.56 Å². The molecule has 0 heterocycles. The van der Waals surface area contributed by atoms with Crippen LogP contribution >= 0.6 is 23.2 Å². The van der Waals surface area contributed by atoms with Gasteiger partial charge in [-0.2, -0.15) is 0 Å². The van der Waals surface area contributed by atoms with Crippen LogP contribution in [-0.2, 0) is 6.54 Å². The minimum absolute atomic E-state index is 0.0846. The Bertz CT molecular complexity index is 900. The van der Waals surface area contributed by atoms with Crippen LogP contribution < -0.4 is 9.47 Å². The highest BCUT2D eigenvalue weighted by Gasteiger charge is 2.18. The summed E-state index contributed by atoms with van der Waals surface area (Å²) in [5.41, 5.74) is 1.07. The minimum Gasteiger partial charge on any atom is -0.489 e. The van der Waals surface area contributed by atoms with Crippen molar-refractivity contribution in [2.24, 2.45) is 0 Å². The Morgan fingerprint density at radius 2 is 1.09 bits per heavy atom. The van der Waals surface area contributed by atoms with Gasteiger partial charge in [-0.25, -0.2) is 0 Å². The third-order valence-electron chi connectivity index (χ3n) is 4.72. The number of ether oxygens (including phenoxy) is 2. The van der Waals surface area contributed by atoms with Crippen molar-refractivity contribution in [3.05, 3.63) is 94.5 Å². The third-order valence-corrected chi connectivity index (χ3v) is 5.35. The largest absolute Gasteiger partial charge is 0.489 e. The van der Waals surface area contributed by atoms with E-state index in [1.54, 1.807) is 24.3 Å². The second-order valence-corrected chi connectivity index (χ2v) is 8.28. The van der Waals surface area contributed by atoms with Gasteiger partial charge in [-0.05, 0) is 29.8 Å². The second-order valence-electron chi connectivity index (χ2n) is 7.47. The Morgan fingerprint density at radius 1 is 0.656 bits per heavy atom. The van der Waals surface area contributed by atoms with Gasteiger partial charge in [-0.1, -0.05) is 77.8 Å². The third kappa shape index (κ3) is 8.01. The van der Waals surface area contributed by atoms with Gasteiger partial charge in [0, 0.05) is 19.6 Å². The molecule has 0 saturated heterocycles. The van der Waals surface area contributed by atoms with Crippen molar-refractivity contribution in [3.8, 4) is 11.5 Å². The maximum absolute atomic E-state index is 10.6. The predicted octanol–water partition coefficient (Wildman–Crippen LogP) is 4.68. The zero-order valence-corrected chi connectivity index (χ0v) is 19.1. The summed E-state index contributed by atoms with van der Waals surface area (Å²) in [4.78, 5) is 1.97. The van der Waals surface area contributed by atoms with Crippen molar-refractivity contribution < 1.29 is 19.7 Å². The number of hydrogen-bond donors (Lipinski definition) is 2. The predicted molar refractivity (Wildman–Crippen MR) is 128 cm³/mol. The van der Waals surface area contributed by atoms with Crippen molar-refractivity contribution in [1.82, 2.24) is 4.90 Å². The molecule has 32 heavy (non-hydrogen) atoms. The SMILES string of the molecule is OC(COc1ccccc1Cl)CN(Cc1ccccc1)CC(O)COc1ccccc1Cl. The van der Waals surface area contributed by atoms with Gasteiger partial charge in [0.15, 0.2) is 0 Å². The van der Waals surface area contributed by atoms with Gasteiger partial charge < -0.3 is 19.7 Å². The summed E-state index contributed by atoms with van der Waals surface area (Å²) in [7, 11) is 0. The first-order valence-electron chi connectivity index (χ1n) is 10.4. The van der Waals surface area contributed by atoms with Gasteiger partial charge in [0.25, 0.3) is 0 Å². The Hall–Kier alpha value is -2.28. The molecule has 0 aromatic heterocycles. The molecule has 2 atom stereocenters.